The fraction of sp³-hybridized carbons (Fsp3) is 0.300. The van der Waals surface area contributed by atoms with E-state index in [0.717, 1.165) is 16.5 Å². The number of hydrogen-bond donors (Lipinski definition) is 1. The van der Waals surface area contributed by atoms with Gasteiger partial charge < -0.3 is 4.90 Å². The molecule has 4 rings (SSSR count). The van der Waals surface area contributed by atoms with Gasteiger partial charge in [0.1, 0.15) is 5.82 Å². The molecular weight excluding hydrogens is 397 g/mol. The average Bonchev–Trinajstić information content (AvgIpc) is 2.93. The number of halogens is 1. The lowest BCUT2D eigenvalue weighted by Gasteiger charge is -2.33. The van der Waals surface area contributed by atoms with Crippen LogP contribution in [0.15, 0.2) is 48.5 Å². The summed E-state index contributed by atoms with van der Waals surface area (Å²) >= 11 is 0. The Morgan fingerprint density at radius 2 is 1.69 bits per heavy atom. The lowest BCUT2D eigenvalue weighted by molar-refractivity contribution is -0.902. The zero-order valence-corrected chi connectivity index (χ0v) is 16.5. The number of quaternary nitrogens is 1. The number of anilines is 1. The third-order valence-electron chi connectivity index (χ3n) is 5.33. The van der Waals surface area contributed by atoms with Crippen LogP contribution in [0.1, 0.15) is 15.9 Å². The summed E-state index contributed by atoms with van der Waals surface area (Å²) in [4.78, 5) is 26.7. The van der Waals surface area contributed by atoms with Gasteiger partial charge in [0, 0.05) is 0 Å². The highest BCUT2D eigenvalue weighted by Crippen LogP contribution is 2.28. The number of ketones is 1. The Hall–Kier alpha value is -2.62. The molecule has 29 heavy (non-hydrogen) atoms. The second kappa shape index (κ2) is 7.66. The summed E-state index contributed by atoms with van der Waals surface area (Å²) in [7, 11) is -3.43. The van der Waals surface area contributed by atoms with Crippen LogP contribution in [0.5, 0.6) is 0 Å². The molecule has 2 aromatic carbocycles. The molecule has 1 amide bonds. The monoisotopic (exact) mass is 418 g/mol. The molecule has 2 aliphatic rings. The molecule has 0 saturated carbocycles. The standard InChI is InChI=1S/C20H20FN3O4S/c21-16-6-7-17-18(12-16)24(20(26)19(17)25)14-22-8-10-23(11-9-22)29(27,28)13-15-4-2-1-3-5-15/h1-7,12H,8-11,13-14H2/p+1. The number of hydrogen-bond acceptors (Lipinski definition) is 4. The van der Waals surface area contributed by atoms with Crippen molar-refractivity contribution in [2.24, 2.45) is 0 Å². The molecule has 2 heterocycles. The molecule has 1 saturated heterocycles. The van der Waals surface area contributed by atoms with E-state index < -0.39 is 27.5 Å². The normalized spacial score (nSPS) is 18.3. The summed E-state index contributed by atoms with van der Waals surface area (Å²) in [5.41, 5.74) is 1.23. The number of fused-ring (bicyclic) bond motifs is 1. The molecule has 1 N–H and O–H groups in total. The molecular formula is C20H21FN3O4S+. The van der Waals surface area contributed by atoms with Crippen LogP contribution in [-0.2, 0) is 20.6 Å². The number of benzene rings is 2. The van der Waals surface area contributed by atoms with Gasteiger partial charge in [-0.05, 0) is 23.8 Å². The molecule has 152 valence electrons. The van der Waals surface area contributed by atoms with Gasteiger partial charge in [-0.25, -0.2) is 12.8 Å². The zero-order chi connectivity index (χ0) is 20.6. The summed E-state index contributed by atoms with van der Waals surface area (Å²) < 4.78 is 40.4. The van der Waals surface area contributed by atoms with Gasteiger partial charge in [-0.15, -0.1) is 0 Å². The number of sulfonamides is 1. The Balaban J connectivity index is 1.40. The van der Waals surface area contributed by atoms with Crippen molar-refractivity contribution in [1.82, 2.24) is 4.31 Å². The Labute approximate surface area is 168 Å². The van der Waals surface area contributed by atoms with Crippen molar-refractivity contribution >= 4 is 27.4 Å². The predicted octanol–water partition coefficient (Wildman–Crippen LogP) is 0.0430. The molecule has 0 bridgehead atoms. The molecule has 9 heteroatoms. The van der Waals surface area contributed by atoms with E-state index in [9.17, 15) is 22.4 Å². The summed E-state index contributed by atoms with van der Waals surface area (Å²) in [6.45, 7) is 1.86. The Morgan fingerprint density at radius 3 is 2.38 bits per heavy atom. The number of amides is 1. The van der Waals surface area contributed by atoms with Crippen LogP contribution in [0.25, 0.3) is 0 Å². The van der Waals surface area contributed by atoms with Crippen molar-refractivity contribution in [3.63, 3.8) is 0 Å². The van der Waals surface area contributed by atoms with Crippen LogP contribution >= 0.6 is 0 Å². The molecule has 1 fully saturated rings. The first-order valence-corrected chi connectivity index (χ1v) is 11.0. The second-order valence-corrected chi connectivity index (χ2v) is 9.24. The van der Waals surface area contributed by atoms with Gasteiger partial charge >= 0.3 is 5.91 Å². The van der Waals surface area contributed by atoms with E-state index in [4.69, 9.17) is 0 Å². The SMILES string of the molecule is O=C1C(=O)N(C[NH+]2CCN(S(=O)(=O)Cc3ccccc3)CC2)c2cc(F)ccc21. The highest BCUT2D eigenvalue weighted by atomic mass is 32.2. The van der Waals surface area contributed by atoms with Crippen molar-refractivity contribution in [2.75, 3.05) is 37.7 Å². The number of nitrogens with zero attached hydrogens (tertiary/aromatic N) is 2. The van der Waals surface area contributed by atoms with Gasteiger partial charge in [0.15, 0.2) is 6.67 Å². The van der Waals surface area contributed by atoms with E-state index in [1.807, 2.05) is 18.2 Å². The molecule has 0 radical (unpaired) electrons. The minimum Gasteiger partial charge on any atom is -0.315 e. The van der Waals surface area contributed by atoms with Crippen molar-refractivity contribution in [3.05, 3.63) is 65.5 Å². The van der Waals surface area contributed by atoms with Crippen LogP contribution in [0.2, 0.25) is 0 Å². The molecule has 0 aliphatic carbocycles. The first kappa shape index (κ1) is 19.7. The number of carbonyl (C=O) groups excluding carboxylic acids is 2. The van der Waals surface area contributed by atoms with E-state index >= 15 is 0 Å². The lowest BCUT2D eigenvalue weighted by Crippen LogP contribution is -3.16. The average molecular weight is 418 g/mol. The van der Waals surface area contributed by atoms with Crippen molar-refractivity contribution < 1.29 is 27.3 Å². The van der Waals surface area contributed by atoms with Crippen LogP contribution in [0, 0.1) is 5.82 Å². The van der Waals surface area contributed by atoms with E-state index in [1.165, 1.54) is 21.3 Å². The summed E-state index contributed by atoms with van der Waals surface area (Å²) in [6, 6.07) is 12.7. The van der Waals surface area contributed by atoms with Gasteiger partial charge in [-0.1, -0.05) is 30.3 Å². The van der Waals surface area contributed by atoms with E-state index in [0.29, 0.717) is 26.2 Å². The smallest absolute Gasteiger partial charge is 0.303 e. The lowest BCUT2D eigenvalue weighted by atomic mass is 10.1. The molecule has 2 aliphatic heterocycles. The minimum atomic E-state index is -3.43. The van der Waals surface area contributed by atoms with E-state index in [-0.39, 0.29) is 23.7 Å². The molecule has 2 aromatic rings. The molecule has 0 spiro atoms. The number of Topliss-reactive ketones (excluding diaryl/α,β-unsaturated/α-hetero) is 1. The minimum absolute atomic E-state index is 0.0467. The van der Waals surface area contributed by atoms with E-state index in [1.54, 1.807) is 12.1 Å². The van der Waals surface area contributed by atoms with Crippen LogP contribution in [0.3, 0.4) is 0 Å². The molecule has 0 unspecified atom stereocenters. The van der Waals surface area contributed by atoms with Crippen LogP contribution < -0.4 is 9.80 Å². The number of piperazine rings is 1. The Morgan fingerprint density at radius 1 is 1.00 bits per heavy atom. The van der Waals surface area contributed by atoms with Crippen molar-refractivity contribution in [2.45, 2.75) is 5.75 Å². The first-order valence-electron chi connectivity index (χ1n) is 9.36. The zero-order valence-electron chi connectivity index (χ0n) is 15.7. The predicted molar refractivity (Wildman–Crippen MR) is 104 cm³/mol. The van der Waals surface area contributed by atoms with E-state index in [2.05, 4.69) is 0 Å². The van der Waals surface area contributed by atoms with Crippen molar-refractivity contribution in [3.8, 4) is 0 Å². The maximum Gasteiger partial charge on any atom is 0.303 e. The quantitative estimate of drug-likeness (QED) is 0.696. The van der Waals surface area contributed by atoms with Gasteiger partial charge in [-0.2, -0.15) is 4.31 Å². The Bertz CT molecular complexity index is 1050. The summed E-state index contributed by atoms with van der Waals surface area (Å²) in [6.07, 6.45) is 0. The summed E-state index contributed by atoms with van der Waals surface area (Å²) in [5, 5.41) is 0. The number of carbonyl (C=O) groups is 2. The second-order valence-electron chi connectivity index (χ2n) is 7.27. The topological polar surface area (TPSA) is 79.2 Å². The third-order valence-corrected chi connectivity index (χ3v) is 7.18. The molecule has 0 aromatic heterocycles. The first-order chi connectivity index (χ1) is 13.8. The maximum absolute atomic E-state index is 13.6. The number of nitrogens with one attached hydrogen (secondary N) is 1. The van der Waals surface area contributed by atoms with Gasteiger partial charge in [0.25, 0.3) is 5.78 Å². The summed E-state index contributed by atoms with van der Waals surface area (Å²) in [5.74, 6) is -1.86. The fourth-order valence-corrected chi connectivity index (χ4v) is 5.30. The van der Waals surface area contributed by atoms with Gasteiger partial charge in [0.05, 0.1) is 43.2 Å². The van der Waals surface area contributed by atoms with Crippen molar-refractivity contribution in [1.29, 1.82) is 0 Å². The van der Waals surface area contributed by atoms with Crippen LogP contribution in [-0.4, -0.2) is 57.3 Å². The largest absolute Gasteiger partial charge is 0.315 e. The highest BCUT2D eigenvalue weighted by molar-refractivity contribution is 7.88. The molecule has 0 atom stereocenters. The Kier molecular flexibility index (Phi) is 5.20. The van der Waals surface area contributed by atoms with Gasteiger partial charge in [-0.3, -0.25) is 14.5 Å². The maximum atomic E-state index is 13.6. The fourth-order valence-electron chi connectivity index (χ4n) is 3.76. The highest BCUT2D eigenvalue weighted by Gasteiger charge is 2.39. The van der Waals surface area contributed by atoms with Crippen LogP contribution in [0.4, 0.5) is 10.1 Å². The number of rotatable bonds is 5. The van der Waals surface area contributed by atoms with Gasteiger partial charge in [0.2, 0.25) is 10.0 Å². The molecule has 7 nitrogen and oxygen atoms in total. The third kappa shape index (κ3) is 3.93.